The molecule has 0 amide bonds. The van der Waals surface area contributed by atoms with E-state index in [9.17, 15) is 0 Å². The SMILES string of the molecule is c1ccc(-c2cc(-c3cccc4c3-c3ccccc3C4(c3ccccc3)c3cccnc3)cc(-c3ccccc3)n2)cc1. The normalized spacial score (nSPS) is 15.1. The van der Waals surface area contributed by atoms with Gasteiger partial charge in [-0.3, -0.25) is 4.98 Å². The van der Waals surface area contributed by atoms with E-state index in [1.165, 1.54) is 33.4 Å². The van der Waals surface area contributed by atoms with Crippen molar-refractivity contribution in [3.8, 4) is 44.8 Å². The molecule has 0 saturated carbocycles. The monoisotopic (exact) mass is 548 g/mol. The van der Waals surface area contributed by atoms with Crippen LogP contribution >= 0.6 is 0 Å². The standard InChI is InChI=1S/C41H28N2/c1-4-14-29(15-5-1)38-26-31(27-39(43-38)30-16-6-2-7-17-30)34-22-12-24-37-40(34)35-21-10-11-23-36(35)41(37,32-18-8-3-9-19-32)33-20-13-25-42-28-33/h1-28H. The summed E-state index contributed by atoms with van der Waals surface area (Å²) in [7, 11) is 0. The molecule has 1 aliphatic rings. The predicted molar refractivity (Wildman–Crippen MR) is 176 cm³/mol. The van der Waals surface area contributed by atoms with Crippen molar-refractivity contribution >= 4 is 0 Å². The van der Waals surface area contributed by atoms with Crippen molar-refractivity contribution in [2.75, 3.05) is 0 Å². The molecule has 2 aromatic heterocycles. The highest BCUT2D eigenvalue weighted by Gasteiger charge is 2.46. The molecule has 1 unspecified atom stereocenters. The number of pyridine rings is 2. The van der Waals surface area contributed by atoms with Crippen LogP contribution in [-0.4, -0.2) is 9.97 Å². The van der Waals surface area contributed by atoms with E-state index in [1.54, 1.807) is 0 Å². The van der Waals surface area contributed by atoms with Crippen LogP contribution in [0.15, 0.2) is 170 Å². The van der Waals surface area contributed by atoms with Gasteiger partial charge >= 0.3 is 0 Å². The minimum absolute atomic E-state index is 0.491. The van der Waals surface area contributed by atoms with Gasteiger partial charge in [0.2, 0.25) is 0 Å². The molecule has 0 fully saturated rings. The van der Waals surface area contributed by atoms with Gasteiger partial charge in [0.15, 0.2) is 0 Å². The maximum Gasteiger partial charge on any atom is 0.0728 e. The summed E-state index contributed by atoms with van der Waals surface area (Å²) in [5.74, 6) is 0. The van der Waals surface area contributed by atoms with E-state index in [2.05, 4.69) is 145 Å². The number of aromatic nitrogens is 2. The fourth-order valence-electron chi connectivity index (χ4n) is 6.83. The number of nitrogens with zero attached hydrogens (tertiary/aromatic N) is 2. The van der Waals surface area contributed by atoms with Crippen LogP contribution < -0.4 is 0 Å². The molecule has 0 radical (unpaired) electrons. The smallest absolute Gasteiger partial charge is 0.0728 e. The van der Waals surface area contributed by atoms with Crippen LogP contribution in [0.3, 0.4) is 0 Å². The summed E-state index contributed by atoms with van der Waals surface area (Å²) in [6.45, 7) is 0. The molecule has 0 saturated heterocycles. The fourth-order valence-corrected chi connectivity index (χ4v) is 6.83. The van der Waals surface area contributed by atoms with E-state index in [0.29, 0.717) is 0 Å². The van der Waals surface area contributed by atoms with Crippen LogP contribution in [0.5, 0.6) is 0 Å². The van der Waals surface area contributed by atoms with E-state index in [0.717, 1.165) is 33.6 Å². The molecule has 0 aliphatic heterocycles. The molecule has 1 aliphatic carbocycles. The van der Waals surface area contributed by atoms with Crippen molar-refractivity contribution in [1.29, 1.82) is 0 Å². The molecule has 2 heterocycles. The average molecular weight is 549 g/mol. The van der Waals surface area contributed by atoms with Crippen molar-refractivity contribution in [3.63, 3.8) is 0 Å². The number of fused-ring (bicyclic) bond motifs is 3. The molecular formula is C41H28N2. The van der Waals surface area contributed by atoms with E-state index < -0.39 is 5.41 Å². The Kier molecular flexibility index (Phi) is 6.05. The molecular weight excluding hydrogens is 520 g/mol. The molecule has 202 valence electrons. The summed E-state index contributed by atoms with van der Waals surface area (Å²) in [5.41, 5.74) is 13.4. The third kappa shape index (κ3) is 4.03. The minimum Gasteiger partial charge on any atom is -0.264 e. The zero-order valence-electron chi connectivity index (χ0n) is 23.6. The summed E-state index contributed by atoms with van der Waals surface area (Å²) < 4.78 is 0. The first-order valence-corrected chi connectivity index (χ1v) is 14.7. The Morgan fingerprint density at radius 1 is 0.419 bits per heavy atom. The second-order valence-electron chi connectivity index (χ2n) is 11.0. The van der Waals surface area contributed by atoms with Gasteiger partial charge < -0.3 is 0 Å². The van der Waals surface area contributed by atoms with Gasteiger partial charge in [-0.15, -0.1) is 0 Å². The Morgan fingerprint density at radius 2 is 0.977 bits per heavy atom. The first-order chi connectivity index (χ1) is 21.3. The molecule has 7 aromatic rings. The van der Waals surface area contributed by atoms with Crippen molar-refractivity contribution in [2.45, 2.75) is 5.41 Å². The van der Waals surface area contributed by atoms with Gasteiger partial charge in [0.1, 0.15) is 0 Å². The minimum atomic E-state index is -0.491. The van der Waals surface area contributed by atoms with Crippen LogP contribution in [0.25, 0.3) is 44.8 Å². The quantitative estimate of drug-likeness (QED) is 0.214. The Bertz CT molecular complexity index is 1950. The van der Waals surface area contributed by atoms with Gasteiger partial charge in [0, 0.05) is 23.5 Å². The number of hydrogen-bond donors (Lipinski definition) is 0. The fraction of sp³-hybridized carbons (Fsp3) is 0.0244. The van der Waals surface area contributed by atoms with Crippen molar-refractivity contribution in [2.24, 2.45) is 0 Å². The highest BCUT2D eigenvalue weighted by molar-refractivity contribution is 5.96. The molecule has 1 atom stereocenters. The lowest BCUT2D eigenvalue weighted by molar-refractivity contribution is 0.763. The largest absolute Gasteiger partial charge is 0.264 e. The Morgan fingerprint density at radius 3 is 1.63 bits per heavy atom. The average Bonchev–Trinajstić information content (AvgIpc) is 3.41. The molecule has 2 heteroatoms. The van der Waals surface area contributed by atoms with Crippen LogP contribution in [0.2, 0.25) is 0 Å². The Hall–Kier alpha value is -5.60. The first-order valence-electron chi connectivity index (χ1n) is 14.7. The van der Waals surface area contributed by atoms with Gasteiger partial charge in [-0.2, -0.15) is 0 Å². The van der Waals surface area contributed by atoms with Crippen molar-refractivity contribution < 1.29 is 0 Å². The maximum atomic E-state index is 5.15. The van der Waals surface area contributed by atoms with Gasteiger partial charge in [0.25, 0.3) is 0 Å². The third-order valence-electron chi connectivity index (χ3n) is 8.65. The molecule has 5 aromatic carbocycles. The predicted octanol–water partition coefficient (Wildman–Crippen LogP) is 9.84. The zero-order valence-corrected chi connectivity index (χ0v) is 23.6. The molecule has 0 spiro atoms. The van der Waals surface area contributed by atoms with Crippen LogP contribution in [-0.2, 0) is 5.41 Å². The van der Waals surface area contributed by atoms with Gasteiger partial charge in [-0.05, 0) is 62.7 Å². The van der Waals surface area contributed by atoms with E-state index in [-0.39, 0.29) is 0 Å². The lowest BCUT2D eigenvalue weighted by Crippen LogP contribution is -2.28. The summed E-state index contributed by atoms with van der Waals surface area (Å²) in [6.07, 6.45) is 3.88. The topological polar surface area (TPSA) is 25.8 Å². The van der Waals surface area contributed by atoms with Gasteiger partial charge in [-0.25, -0.2) is 4.98 Å². The highest BCUT2D eigenvalue weighted by atomic mass is 14.7. The lowest BCUT2D eigenvalue weighted by Gasteiger charge is -2.33. The van der Waals surface area contributed by atoms with Crippen LogP contribution in [0, 0.1) is 0 Å². The summed E-state index contributed by atoms with van der Waals surface area (Å²) in [6, 6.07) is 56.2. The zero-order chi connectivity index (χ0) is 28.6. The van der Waals surface area contributed by atoms with E-state index in [4.69, 9.17) is 4.98 Å². The molecule has 0 bridgehead atoms. The molecule has 0 N–H and O–H groups in total. The van der Waals surface area contributed by atoms with Crippen LogP contribution in [0.1, 0.15) is 22.3 Å². The summed E-state index contributed by atoms with van der Waals surface area (Å²) in [4.78, 5) is 9.76. The van der Waals surface area contributed by atoms with Gasteiger partial charge in [-0.1, -0.05) is 140 Å². The van der Waals surface area contributed by atoms with Crippen LogP contribution in [0.4, 0.5) is 0 Å². The summed E-state index contributed by atoms with van der Waals surface area (Å²) >= 11 is 0. The molecule has 43 heavy (non-hydrogen) atoms. The Balaban J connectivity index is 1.45. The van der Waals surface area contributed by atoms with Gasteiger partial charge in [0.05, 0.1) is 16.8 Å². The highest BCUT2D eigenvalue weighted by Crippen LogP contribution is 2.58. The summed E-state index contributed by atoms with van der Waals surface area (Å²) in [5, 5.41) is 0. The van der Waals surface area contributed by atoms with E-state index >= 15 is 0 Å². The Labute approximate surface area is 252 Å². The second kappa shape index (κ2) is 10.3. The second-order valence-corrected chi connectivity index (χ2v) is 11.0. The number of hydrogen-bond acceptors (Lipinski definition) is 2. The molecule has 8 rings (SSSR count). The molecule has 2 nitrogen and oxygen atoms in total. The van der Waals surface area contributed by atoms with E-state index in [1.807, 2.05) is 30.6 Å². The lowest BCUT2D eigenvalue weighted by atomic mass is 9.68. The van der Waals surface area contributed by atoms with Crippen molar-refractivity contribution in [3.05, 3.63) is 192 Å². The first kappa shape index (κ1) is 25.1. The van der Waals surface area contributed by atoms with Crippen molar-refractivity contribution in [1.82, 2.24) is 9.97 Å². The number of rotatable bonds is 5. The number of benzene rings is 5. The maximum absolute atomic E-state index is 5.15. The third-order valence-corrected chi connectivity index (χ3v) is 8.65.